The zero-order chi connectivity index (χ0) is 13.8. The van der Waals surface area contributed by atoms with Crippen LogP contribution in [0.15, 0.2) is 24.8 Å². The number of aliphatic hydroxyl groups excluding tert-OH is 1. The summed E-state index contributed by atoms with van der Waals surface area (Å²) in [5.41, 5.74) is 0. The van der Waals surface area contributed by atoms with E-state index in [1.807, 2.05) is 6.08 Å². The topological polar surface area (TPSA) is 46.5 Å². The maximum Gasteiger partial charge on any atom is 0.304 e. The van der Waals surface area contributed by atoms with Crippen LogP contribution in [0.3, 0.4) is 0 Å². The lowest BCUT2D eigenvalue weighted by molar-refractivity contribution is -0.142. The van der Waals surface area contributed by atoms with E-state index in [0.717, 1.165) is 12.8 Å². The fourth-order valence-electron chi connectivity index (χ4n) is 1.25. The van der Waals surface area contributed by atoms with Gasteiger partial charge < -0.3 is 9.84 Å². The van der Waals surface area contributed by atoms with Gasteiger partial charge in [-0.1, -0.05) is 50.3 Å². The van der Waals surface area contributed by atoms with Crippen molar-refractivity contribution in [1.82, 2.24) is 0 Å². The SMILES string of the molecule is C=CC(O)C#CC(/C=C/CCCCC)OC(C)=O. The maximum atomic E-state index is 10.9. The smallest absolute Gasteiger partial charge is 0.304 e. The van der Waals surface area contributed by atoms with Crippen LogP contribution < -0.4 is 0 Å². The van der Waals surface area contributed by atoms with Crippen molar-refractivity contribution in [2.75, 3.05) is 0 Å². The van der Waals surface area contributed by atoms with Gasteiger partial charge >= 0.3 is 5.97 Å². The molecule has 0 aliphatic heterocycles. The number of ether oxygens (including phenoxy) is 1. The van der Waals surface area contributed by atoms with Crippen LogP contribution in [0.1, 0.15) is 39.5 Å². The Morgan fingerprint density at radius 2 is 2.17 bits per heavy atom. The van der Waals surface area contributed by atoms with Crippen molar-refractivity contribution in [2.45, 2.75) is 51.7 Å². The molecule has 0 saturated heterocycles. The Kier molecular flexibility index (Phi) is 9.71. The van der Waals surface area contributed by atoms with E-state index in [0.29, 0.717) is 0 Å². The van der Waals surface area contributed by atoms with E-state index in [1.165, 1.54) is 25.8 Å². The Labute approximate surface area is 110 Å². The first-order valence-electron chi connectivity index (χ1n) is 6.25. The molecule has 1 N–H and O–H groups in total. The summed E-state index contributed by atoms with van der Waals surface area (Å²) in [4.78, 5) is 10.9. The van der Waals surface area contributed by atoms with Crippen molar-refractivity contribution in [3.8, 4) is 11.8 Å². The molecule has 0 radical (unpaired) electrons. The van der Waals surface area contributed by atoms with Crippen LogP contribution in [-0.2, 0) is 9.53 Å². The molecule has 0 heterocycles. The Morgan fingerprint density at radius 3 is 2.72 bits per heavy atom. The number of hydrogen-bond donors (Lipinski definition) is 1. The van der Waals surface area contributed by atoms with Crippen LogP contribution in [0.5, 0.6) is 0 Å². The average molecular weight is 250 g/mol. The fraction of sp³-hybridized carbons (Fsp3) is 0.533. The maximum absolute atomic E-state index is 10.9. The van der Waals surface area contributed by atoms with Crippen LogP contribution >= 0.6 is 0 Å². The Morgan fingerprint density at radius 1 is 1.44 bits per heavy atom. The van der Waals surface area contributed by atoms with Gasteiger partial charge in [-0.3, -0.25) is 4.79 Å². The lowest BCUT2D eigenvalue weighted by Crippen LogP contribution is -2.12. The van der Waals surface area contributed by atoms with Gasteiger partial charge in [0.25, 0.3) is 0 Å². The van der Waals surface area contributed by atoms with E-state index in [2.05, 4.69) is 25.3 Å². The van der Waals surface area contributed by atoms with Gasteiger partial charge in [-0.15, -0.1) is 0 Å². The van der Waals surface area contributed by atoms with Gasteiger partial charge in [0, 0.05) is 6.92 Å². The van der Waals surface area contributed by atoms with E-state index in [1.54, 1.807) is 6.08 Å². The molecule has 100 valence electrons. The van der Waals surface area contributed by atoms with Crippen molar-refractivity contribution in [2.24, 2.45) is 0 Å². The third-order valence-corrected chi connectivity index (χ3v) is 2.17. The van der Waals surface area contributed by atoms with E-state index in [-0.39, 0.29) is 5.97 Å². The summed E-state index contributed by atoms with van der Waals surface area (Å²) in [6.45, 7) is 6.90. The Hall–Kier alpha value is -1.53. The molecule has 2 atom stereocenters. The predicted octanol–water partition coefficient (Wildman–Crippen LogP) is 2.60. The molecular formula is C15H22O3. The molecule has 18 heavy (non-hydrogen) atoms. The van der Waals surface area contributed by atoms with Crippen LogP contribution in [0.4, 0.5) is 0 Å². The molecule has 3 heteroatoms. The zero-order valence-corrected chi connectivity index (χ0v) is 11.2. The van der Waals surface area contributed by atoms with Crippen LogP contribution in [0, 0.1) is 11.8 Å². The summed E-state index contributed by atoms with van der Waals surface area (Å²) in [7, 11) is 0. The molecule has 0 aromatic heterocycles. The highest BCUT2D eigenvalue weighted by Gasteiger charge is 2.03. The van der Waals surface area contributed by atoms with Crippen molar-refractivity contribution in [3.05, 3.63) is 24.8 Å². The van der Waals surface area contributed by atoms with Crippen molar-refractivity contribution >= 4 is 5.97 Å². The van der Waals surface area contributed by atoms with Gasteiger partial charge in [-0.25, -0.2) is 0 Å². The van der Waals surface area contributed by atoms with Gasteiger partial charge in [0.15, 0.2) is 6.10 Å². The zero-order valence-electron chi connectivity index (χ0n) is 11.2. The third kappa shape index (κ3) is 9.68. The van der Waals surface area contributed by atoms with Gasteiger partial charge in [-0.05, 0) is 18.9 Å². The highest BCUT2D eigenvalue weighted by Crippen LogP contribution is 2.02. The Bertz CT molecular complexity index is 333. The van der Waals surface area contributed by atoms with E-state index >= 15 is 0 Å². The highest BCUT2D eigenvalue weighted by atomic mass is 16.5. The number of carbonyl (C=O) groups is 1. The summed E-state index contributed by atoms with van der Waals surface area (Å²) in [6, 6.07) is 0. The molecule has 0 aromatic carbocycles. The van der Waals surface area contributed by atoms with Crippen molar-refractivity contribution < 1.29 is 14.6 Å². The molecular weight excluding hydrogens is 228 g/mol. The molecule has 0 aliphatic carbocycles. The van der Waals surface area contributed by atoms with Gasteiger partial charge in [0.2, 0.25) is 0 Å². The molecule has 0 fully saturated rings. The second-order valence-electron chi connectivity index (χ2n) is 3.92. The molecule has 3 nitrogen and oxygen atoms in total. The molecule has 2 unspecified atom stereocenters. The molecule has 0 saturated carbocycles. The number of hydrogen-bond acceptors (Lipinski definition) is 3. The second kappa shape index (κ2) is 10.6. The molecule has 0 aromatic rings. The minimum Gasteiger partial charge on any atom is -0.445 e. The molecule has 0 aliphatic rings. The lowest BCUT2D eigenvalue weighted by atomic mass is 10.2. The third-order valence-electron chi connectivity index (χ3n) is 2.17. The summed E-state index contributed by atoms with van der Waals surface area (Å²) in [6.07, 6.45) is 7.95. The van der Waals surface area contributed by atoms with Crippen LogP contribution in [-0.4, -0.2) is 23.3 Å². The first kappa shape index (κ1) is 16.5. The number of allylic oxidation sites excluding steroid dienone is 1. The second-order valence-corrected chi connectivity index (χ2v) is 3.92. The standard InChI is InChI=1S/C15H22O3/c1-4-6-7-8-9-10-15(18-13(3)16)12-11-14(17)5-2/h5,9-10,14-15,17H,2,4,6-8H2,1,3H3/b10-9+. The van der Waals surface area contributed by atoms with Gasteiger partial charge in [0.1, 0.15) is 6.10 Å². The van der Waals surface area contributed by atoms with E-state index in [4.69, 9.17) is 4.74 Å². The first-order valence-corrected chi connectivity index (χ1v) is 6.25. The summed E-state index contributed by atoms with van der Waals surface area (Å²) in [5, 5.41) is 9.23. The number of unbranched alkanes of at least 4 members (excludes halogenated alkanes) is 3. The minimum atomic E-state index is -0.892. The largest absolute Gasteiger partial charge is 0.445 e. The van der Waals surface area contributed by atoms with Gasteiger partial charge in [-0.2, -0.15) is 0 Å². The van der Waals surface area contributed by atoms with Crippen molar-refractivity contribution in [3.63, 3.8) is 0 Å². The average Bonchev–Trinajstić information content (AvgIpc) is 2.34. The number of aliphatic hydroxyl groups is 1. The van der Waals surface area contributed by atoms with Crippen LogP contribution in [0.25, 0.3) is 0 Å². The summed E-state index contributed by atoms with van der Waals surface area (Å²) in [5.74, 6) is 4.85. The minimum absolute atomic E-state index is 0.388. The normalized spacial score (nSPS) is 13.5. The van der Waals surface area contributed by atoms with Gasteiger partial charge in [0.05, 0.1) is 0 Å². The monoisotopic (exact) mass is 250 g/mol. The number of esters is 1. The Balaban J connectivity index is 4.33. The van der Waals surface area contributed by atoms with Crippen molar-refractivity contribution in [1.29, 1.82) is 0 Å². The summed E-state index contributed by atoms with van der Waals surface area (Å²) >= 11 is 0. The molecule has 0 spiro atoms. The fourth-order valence-corrected chi connectivity index (χ4v) is 1.25. The van der Waals surface area contributed by atoms with E-state index < -0.39 is 12.2 Å². The summed E-state index contributed by atoms with van der Waals surface area (Å²) < 4.78 is 5.01. The van der Waals surface area contributed by atoms with E-state index in [9.17, 15) is 9.90 Å². The lowest BCUT2D eigenvalue weighted by Gasteiger charge is -2.06. The molecule has 0 bridgehead atoms. The quantitative estimate of drug-likeness (QED) is 0.327. The first-order chi connectivity index (χ1) is 8.60. The molecule has 0 amide bonds. The number of rotatable bonds is 7. The predicted molar refractivity (Wildman–Crippen MR) is 72.8 cm³/mol. The highest BCUT2D eigenvalue weighted by molar-refractivity contribution is 5.66. The number of carbonyl (C=O) groups excluding carboxylic acids is 1. The molecule has 0 rings (SSSR count). The van der Waals surface area contributed by atoms with Crippen LogP contribution in [0.2, 0.25) is 0 Å².